The molecule has 0 bridgehead atoms. The minimum absolute atomic E-state index is 0.134. The molecule has 0 radical (unpaired) electrons. The number of hydrogen-bond acceptors (Lipinski definition) is 3. The first kappa shape index (κ1) is 9.38. The van der Waals surface area contributed by atoms with Gasteiger partial charge in [-0.15, -0.1) is 0 Å². The second kappa shape index (κ2) is 3.35. The van der Waals surface area contributed by atoms with Crippen LogP contribution in [0.25, 0.3) is 0 Å². The molecule has 1 rings (SSSR count). The number of rotatable bonds is 1. The number of nitrogens with two attached hydrogens (primary N) is 2. The van der Waals surface area contributed by atoms with Crippen molar-refractivity contribution in [2.75, 3.05) is 25.6 Å². The molecule has 0 aromatic heterocycles. The van der Waals surface area contributed by atoms with E-state index in [1.807, 2.05) is 0 Å². The Bertz CT molecular complexity index is 334. The topological polar surface area (TPSA) is 72.3 Å². The van der Waals surface area contributed by atoms with E-state index in [1.165, 1.54) is 4.90 Å². The van der Waals surface area contributed by atoms with Crippen molar-refractivity contribution < 1.29 is 4.79 Å². The number of hydrogen-bond donors (Lipinski definition) is 2. The summed E-state index contributed by atoms with van der Waals surface area (Å²) in [6.45, 7) is 0. The number of nitrogens with zero attached hydrogens (tertiary/aromatic N) is 1. The molecule has 0 unspecified atom stereocenters. The van der Waals surface area contributed by atoms with Crippen LogP contribution in [0.15, 0.2) is 18.2 Å². The fourth-order valence-electron chi connectivity index (χ4n) is 1.00. The van der Waals surface area contributed by atoms with E-state index in [9.17, 15) is 4.79 Å². The summed E-state index contributed by atoms with van der Waals surface area (Å²) in [6.07, 6.45) is 0. The smallest absolute Gasteiger partial charge is 0.255 e. The summed E-state index contributed by atoms with van der Waals surface area (Å²) in [5.41, 5.74) is 12.6. The molecule has 1 aromatic rings. The van der Waals surface area contributed by atoms with Crippen molar-refractivity contribution in [3.63, 3.8) is 0 Å². The lowest BCUT2D eigenvalue weighted by molar-refractivity contribution is 0.0828. The third-order valence-corrected chi connectivity index (χ3v) is 1.71. The van der Waals surface area contributed by atoms with Gasteiger partial charge in [0.25, 0.3) is 5.91 Å². The van der Waals surface area contributed by atoms with Gasteiger partial charge in [-0.05, 0) is 18.2 Å². The highest BCUT2D eigenvalue weighted by Crippen LogP contribution is 2.16. The van der Waals surface area contributed by atoms with Crippen LogP contribution in [-0.4, -0.2) is 24.9 Å². The van der Waals surface area contributed by atoms with Gasteiger partial charge >= 0.3 is 0 Å². The van der Waals surface area contributed by atoms with Crippen molar-refractivity contribution in [1.29, 1.82) is 0 Å². The van der Waals surface area contributed by atoms with Gasteiger partial charge in [0, 0.05) is 25.5 Å². The van der Waals surface area contributed by atoms with E-state index < -0.39 is 0 Å². The molecule has 0 saturated heterocycles. The molecule has 13 heavy (non-hydrogen) atoms. The molecular formula is C9H13N3O. The summed E-state index contributed by atoms with van der Waals surface area (Å²) in [6, 6.07) is 4.88. The fourth-order valence-corrected chi connectivity index (χ4v) is 1.00. The van der Waals surface area contributed by atoms with Crippen LogP contribution in [0.4, 0.5) is 11.4 Å². The Morgan fingerprint density at radius 2 is 1.92 bits per heavy atom. The highest BCUT2D eigenvalue weighted by atomic mass is 16.2. The highest BCUT2D eigenvalue weighted by Gasteiger charge is 2.11. The number of benzene rings is 1. The zero-order chi connectivity index (χ0) is 10.0. The SMILES string of the molecule is CN(C)C(=O)c1cc(N)ccc1N. The molecule has 0 spiro atoms. The van der Waals surface area contributed by atoms with Crippen LogP contribution in [0.3, 0.4) is 0 Å². The van der Waals surface area contributed by atoms with Gasteiger partial charge in [-0.1, -0.05) is 0 Å². The largest absolute Gasteiger partial charge is 0.399 e. The molecule has 4 nitrogen and oxygen atoms in total. The van der Waals surface area contributed by atoms with Crippen molar-refractivity contribution in [3.8, 4) is 0 Å². The van der Waals surface area contributed by atoms with Crippen LogP contribution in [0, 0.1) is 0 Å². The lowest BCUT2D eigenvalue weighted by Gasteiger charge is -2.12. The molecule has 70 valence electrons. The molecule has 4 N–H and O–H groups in total. The third-order valence-electron chi connectivity index (χ3n) is 1.71. The van der Waals surface area contributed by atoms with Crippen molar-refractivity contribution >= 4 is 17.3 Å². The van der Waals surface area contributed by atoms with Gasteiger partial charge in [0.2, 0.25) is 0 Å². The van der Waals surface area contributed by atoms with Gasteiger partial charge in [0.1, 0.15) is 0 Å². The van der Waals surface area contributed by atoms with Gasteiger partial charge in [-0.3, -0.25) is 4.79 Å². The van der Waals surface area contributed by atoms with Crippen LogP contribution < -0.4 is 11.5 Å². The van der Waals surface area contributed by atoms with Gasteiger partial charge in [-0.25, -0.2) is 0 Å². The predicted octanol–water partition coefficient (Wildman–Crippen LogP) is 0.553. The third kappa shape index (κ3) is 1.90. The van der Waals surface area contributed by atoms with Crippen molar-refractivity contribution in [1.82, 2.24) is 4.90 Å². The summed E-state index contributed by atoms with van der Waals surface area (Å²) in [5, 5.41) is 0. The highest BCUT2D eigenvalue weighted by molar-refractivity contribution is 5.99. The van der Waals surface area contributed by atoms with Crippen LogP contribution >= 0.6 is 0 Å². The molecule has 4 heteroatoms. The Labute approximate surface area is 77.1 Å². The van der Waals surface area contributed by atoms with Gasteiger partial charge in [-0.2, -0.15) is 0 Å². The Hall–Kier alpha value is -1.71. The Balaban J connectivity index is 3.13. The van der Waals surface area contributed by atoms with E-state index in [2.05, 4.69) is 0 Å². The standard InChI is InChI=1S/C9H13N3O/c1-12(2)9(13)7-5-6(10)3-4-8(7)11/h3-5H,10-11H2,1-2H3. The van der Waals surface area contributed by atoms with Crippen LogP contribution in [0.5, 0.6) is 0 Å². The van der Waals surface area contributed by atoms with E-state index in [0.29, 0.717) is 16.9 Å². The van der Waals surface area contributed by atoms with Crippen molar-refractivity contribution in [3.05, 3.63) is 23.8 Å². The molecular weight excluding hydrogens is 166 g/mol. The quantitative estimate of drug-likeness (QED) is 0.618. The maximum Gasteiger partial charge on any atom is 0.255 e. The van der Waals surface area contributed by atoms with E-state index in [1.54, 1.807) is 32.3 Å². The number of carbonyl (C=O) groups is 1. The minimum Gasteiger partial charge on any atom is -0.399 e. The molecule has 1 aromatic carbocycles. The normalized spacial score (nSPS) is 9.69. The average Bonchev–Trinajstić information content (AvgIpc) is 2.08. The number of anilines is 2. The lowest BCUT2D eigenvalue weighted by atomic mass is 10.1. The monoisotopic (exact) mass is 179 g/mol. The van der Waals surface area contributed by atoms with Crippen LogP contribution in [-0.2, 0) is 0 Å². The Kier molecular flexibility index (Phi) is 2.41. The maximum atomic E-state index is 11.5. The van der Waals surface area contributed by atoms with Crippen molar-refractivity contribution in [2.45, 2.75) is 0 Å². The minimum atomic E-state index is -0.134. The van der Waals surface area contributed by atoms with E-state index in [0.717, 1.165) is 0 Å². The molecule has 0 atom stereocenters. The van der Waals surface area contributed by atoms with Gasteiger partial charge in [0.15, 0.2) is 0 Å². The molecule has 0 aliphatic carbocycles. The first-order chi connectivity index (χ1) is 6.02. The first-order valence-electron chi connectivity index (χ1n) is 3.89. The van der Waals surface area contributed by atoms with Gasteiger partial charge < -0.3 is 16.4 Å². The summed E-state index contributed by atoms with van der Waals surface area (Å²) in [7, 11) is 3.34. The molecule has 0 heterocycles. The molecule has 0 aliphatic heterocycles. The lowest BCUT2D eigenvalue weighted by Crippen LogP contribution is -2.22. The van der Waals surface area contributed by atoms with Crippen LogP contribution in [0.1, 0.15) is 10.4 Å². The van der Waals surface area contributed by atoms with E-state index in [-0.39, 0.29) is 5.91 Å². The van der Waals surface area contributed by atoms with Crippen LogP contribution in [0.2, 0.25) is 0 Å². The molecule has 0 aliphatic rings. The molecule has 1 amide bonds. The zero-order valence-corrected chi connectivity index (χ0v) is 7.74. The molecule has 0 fully saturated rings. The van der Waals surface area contributed by atoms with Gasteiger partial charge in [0.05, 0.1) is 5.56 Å². The number of carbonyl (C=O) groups excluding carboxylic acids is 1. The summed E-state index contributed by atoms with van der Waals surface area (Å²) in [4.78, 5) is 13.0. The summed E-state index contributed by atoms with van der Waals surface area (Å²) < 4.78 is 0. The first-order valence-corrected chi connectivity index (χ1v) is 3.89. The van der Waals surface area contributed by atoms with Crippen molar-refractivity contribution in [2.24, 2.45) is 0 Å². The molecule has 0 saturated carbocycles. The second-order valence-corrected chi connectivity index (χ2v) is 3.05. The Morgan fingerprint density at radius 1 is 1.31 bits per heavy atom. The zero-order valence-electron chi connectivity index (χ0n) is 7.74. The van der Waals surface area contributed by atoms with E-state index in [4.69, 9.17) is 11.5 Å². The number of amides is 1. The second-order valence-electron chi connectivity index (χ2n) is 3.05. The summed E-state index contributed by atoms with van der Waals surface area (Å²) in [5.74, 6) is -0.134. The maximum absolute atomic E-state index is 11.5. The number of nitrogen functional groups attached to an aromatic ring is 2. The van der Waals surface area contributed by atoms with E-state index >= 15 is 0 Å². The fraction of sp³-hybridized carbons (Fsp3) is 0.222. The predicted molar refractivity (Wildman–Crippen MR) is 53.3 cm³/mol. The average molecular weight is 179 g/mol. The summed E-state index contributed by atoms with van der Waals surface area (Å²) >= 11 is 0. The Morgan fingerprint density at radius 3 is 2.46 bits per heavy atom.